The molecule has 90 valence electrons. The number of nitriles is 1. The molecule has 5 heteroatoms. The van der Waals surface area contributed by atoms with E-state index in [9.17, 15) is 9.18 Å². The number of hydrogen-bond acceptors (Lipinski definition) is 3. The van der Waals surface area contributed by atoms with Crippen molar-refractivity contribution in [1.82, 2.24) is 9.88 Å². The van der Waals surface area contributed by atoms with Gasteiger partial charge in [-0.1, -0.05) is 0 Å². The Hall–Kier alpha value is -1.96. The van der Waals surface area contributed by atoms with Crippen molar-refractivity contribution in [2.45, 2.75) is 13.8 Å². The molecular weight excluding hydrogens is 221 g/mol. The zero-order chi connectivity index (χ0) is 12.8. The van der Waals surface area contributed by atoms with Crippen molar-refractivity contribution in [3.8, 4) is 6.07 Å². The molecule has 0 aliphatic carbocycles. The Kier molecular flexibility index (Phi) is 4.58. The monoisotopic (exact) mass is 235 g/mol. The van der Waals surface area contributed by atoms with Crippen LogP contribution in [-0.2, 0) is 0 Å². The van der Waals surface area contributed by atoms with E-state index in [4.69, 9.17) is 5.26 Å². The Morgan fingerprint density at radius 2 is 2.41 bits per heavy atom. The van der Waals surface area contributed by atoms with Gasteiger partial charge in [-0.15, -0.1) is 0 Å². The Labute approximate surface area is 99.7 Å². The van der Waals surface area contributed by atoms with E-state index < -0.39 is 11.7 Å². The zero-order valence-electron chi connectivity index (χ0n) is 9.85. The first-order chi connectivity index (χ1) is 8.10. The Bertz CT molecular complexity index is 442. The van der Waals surface area contributed by atoms with Crippen LogP contribution in [0.15, 0.2) is 18.5 Å². The van der Waals surface area contributed by atoms with Crippen molar-refractivity contribution in [1.29, 1.82) is 5.26 Å². The minimum absolute atomic E-state index is 0.00742. The third-order valence-electron chi connectivity index (χ3n) is 2.39. The highest BCUT2D eigenvalue weighted by Gasteiger charge is 2.19. The Morgan fingerprint density at radius 3 is 2.94 bits per heavy atom. The van der Waals surface area contributed by atoms with E-state index in [1.165, 1.54) is 17.2 Å². The lowest BCUT2D eigenvalue weighted by Crippen LogP contribution is -2.34. The van der Waals surface area contributed by atoms with Crippen molar-refractivity contribution in [2.24, 2.45) is 5.92 Å². The van der Waals surface area contributed by atoms with Gasteiger partial charge >= 0.3 is 0 Å². The van der Waals surface area contributed by atoms with Gasteiger partial charge in [0.25, 0.3) is 5.91 Å². The van der Waals surface area contributed by atoms with E-state index in [1.54, 1.807) is 13.8 Å². The summed E-state index contributed by atoms with van der Waals surface area (Å²) in [6, 6.07) is 3.40. The van der Waals surface area contributed by atoms with Gasteiger partial charge in [0.2, 0.25) is 0 Å². The van der Waals surface area contributed by atoms with Crippen molar-refractivity contribution in [3.63, 3.8) is 0 Å². The summed E-state index contributed by atoms with van der Waals surface area (Å²) in [4.78, 5) is 17.0. The highest BCUT2D eigenvalue weighted by atomic mass is 19.1. The molecule has 0 bridgehead atoms. The summed E-state index contributed by atoms with van der Waals surface area (Å²) in [5.41, 5.74) is -0.00742. The molecule has 4 nitrogen and oxygen atoms in total. The van der Waals surface area contributed by atoms with Crippen LogP contribution in [0.1, 0.15) is 24.2 Å². The molecule has 0 fully saturated rings. The van der Waals surface area contributed by atoms with Gasteiger partial charge in [0.1, 0.15) is 0 Å². The van der Waals surface area contributed by atoms with Crippen LogP contribution >= 0.6 is 0 Å². The van der Waals surface area contributed by atoms with E-state index >= 15 is 0 Å². The van der Waals surface area contributed by atoms with Gasteiger partial charge in [0.15, 0.2) is 5.82 Å². The van der Waals surface area contributed by atoms with Gasteiger partial charge in [-0.05, 0) is 19.9 Å². The van der Waals surface area contributed by atoms with Crippen LogP contribution in [0.25, 0.3) is 0 Å². The fourth-order valence-corrected chi connectivity index (χ4v) is 1.45. The summed E-state index contributed by atoms with van der Waals surface area (Å²) in [6.45, 7) is 4.25. The topological polar surface area (TPSA) is 57.0 Å². The summed E-state index contributed by atoms with van der Waals surface area (Å²) in [6.07, 6.45) is 2.38. The quantitative estimate of drug-likeness (QED) is 0.800. The molecule has 0 N–H and O–H groups in total. The second kappa shape index (κ2) is 5.94. The molecule has 1 amide bonds. The number of carbonyl (C=O) groups is 1. The fourth-order valence-electron chi connectivity index (χ4n) is 1.45. The van der Waals surface area contributed by atoms with Gasteiger partial charge in [-0.25, -0.2) is 4.39 Å². The molecule has 0 aliphatic rings. The lowest BCUT2D eigenvalue weighted by molar-refractivity contribution is 0.0748. The molecule has 0 radical (unpaired) electrons. The SMILES string of the molecule is CCN(CC(C)C#N)C(=O)c1ccncc1F. The lowest BCUT2D eigenvalue weighted by Gasteiger charge is -2.22. The molecular formula is C12H14FN3O. The van der Waals surface area contributed by atoms with Crippen LogP contribution in [-0.4, -0.2) is 28.9 Å². The van der Waals surface area contributed by atoms with E-state index in [2.05, 4.69) is 11.1 Å². The first-order valence-corrected chi connectivity index (χ1v) is 5.38. The first kappa shape index (κ1) is 13.1. The predicted octanol–water partition coefficient (Wildman–Crippen LogP) is 1.84. The maximum absolute atomic E-state index is 13.4. The van der Waals surface area contributed by atoms with Crippen molar-refractivity contribution >= 4 is 5.91 Å². The van der Waals surface area contributed by atoms with Gasteiger partial charge in [0, 0.05) is 19.3 Å². The van der Waals surface area contributed by atoms with E-state index in [0.29, 0.717) is 13.1 Å². The molecule has 0 saturated heterocycles. The number of amides is 1. The van der Waals surface area contributed by atoms with E-state index in [1.807, 2.05) is 0 Å². The smallest absolute Gasteiger partial charge is 0.256 e. The molecule has 1 aromatic rings. The molecule has 1 aromatic heterocycles. The van der Waals surface area contributed by atoms with Gasteiger partial charge in [-0.2, -0.15) is 5.26 Å². The third kappa shape index (κ3) is 3.25. The maximum atomic E-state index is 13.4. The van der Waals surface area contributed by atoms with Gasteiger partial charge in [0.05, 0.1) is 23.7 Å². The molecule has 0 aliphatic heterocycles. The molecule has 0 aromatic carbocycles. The van der Waals surface area contributed by atoms with Crippen LogP contribution in [0.2, 0.25) is 0 Å². The Morgan fingerprint density at radius 1 is 1.71 bits per heavy atom. The number of aromatic nitrogens is 1. The highest BCUT2D eigenvalue weighted by Crippen LogP contribution is 2.10. The second-order valence-corrected chi connectivity index (χ2v) is 3.73. The number of hydrogen-bond donors (Lipinski definition) is 0. The number of pyridine rings is 1. The predicted molar refractivity (Wildman–Crippen MR) is 60.5 cm³/mol. The number of carbonyl (C=O) groups excluding carboxylic acids is 1. The average Bonchev–Trinajstić information content (AvgIpc) is 2.35. The average molecular weight is 235 g/mol. The van der Waals surface area contributed by atoms with Crippen LogP contribution in [0.4, 0.5) is 4.39 Å². The maximum Gasteiger partial charge on any atom is 0.256 e. The number of halogens is 1. The van der Waals surface area contributed by atoms with E-state index in [0.717, 1.165) is 6.20 Å². The van der Waals surface area contributed by atoms with Crippen molar-refractivity contribution in [2.75, 3.05) is 13.1 Å². The van der Waals surface area contributed by atoms with Crippen molar-refractivity contribution in [3.05, 3.63) is 29.8 Å². The molecule has 1 heterocycles. The first-order valence-electron chi connectivity index (χ1n) is 5.38. The molecule has 17 heavy (non-hydrogen) atoms. The molecule has 0 spiro atoms. The normalized spacial score (nSPS) is 11.6. The summed E-state index contributed by atoms with van der Waals surface area (Å²) in [7, 11) is 0. The summed E-state index contributed by atoms with van der Waals surface area (Å²) >= 11 is 0. The van der Waals surface area contributed by atoms with Crippen molar-refractivity contribution < 1.29 is 9.18 Å². The molecule has 1 rings (SSSR count). The van der Waals surface area contributed by atoms with Gasteiger partial charge < -0.3 is 4.90 Å². The summed E-state index contributed by atoms with van der Waals surface area (Å²) in [5.74, 6) is -1.32. The van der Waals surface area contributed by atoms with Crippen LogP contribution in [0, 0.1) is 23.1 Å². The summed E-state index contributed by atoms with van der Waals surface area (Å²) in [5, 5.41) is 8.71. The largest absolute Gasteiger partial charge is 0.338 e. The number of rotatable bonds is 4. The molecule has 1 atom stereocenters. The second-order valence-electron chi connectivity index (χ2n) is 3.73. The lowest BCUT2D eigenvalue weighted by atomic mass is 10.1. The minimum Gasteiger partial charge on any atom is -0.338 e. The Balaban J connectivity index is 2.88. The standard InChI is InChI=1S/C12H14FN3O/c1-3-16(8-9(2)6-14)12(17)10-4-5-15-7-11(10)13/h4-5,7,9H,3,8H2,1-2H3. The molecule has 1 unspecified atom stereocenters. The van der Waals surface area contributed by atoms with Crippen LogP contribution in [0.5, 0.6) is 0 Å². The van der Waals surface area contributed by atoms with Gasteiger partial charge in [-0.3, -0.25) is 9.78 Å². The zero-order valence-corrected chi connectivity index (χ0v) is 9.85. The third-order valence-corrected chi connectivity index (χ3v) is 2.39. The fraction of sp³-hybridized carbons (Fsp3) is 0.417. The van der Waals surface area contributed by atoms with Crippen LogP contribution < -0.4 is 0 Å². The minimum atomic E-state index is -0.638. The van der Waals surface area contributed by atoms with Crippen LogP contribution in [0.3, 0.4) is 0 Å². The number of nitrogens with zero attached hydrogens (tertiary/aromatic N) is 3. The highest BCUT2D eigenvalue weighted by molar-refractivity contribution is 5.94. The van der Waals surface area contributed by atoms with E-state index in [-0.39, 0.29) is 11.5 Å². The molecule has 0 saturated carbocycles. The summed E-state index contributed by atoms with van der Waals surface area (Å²) < 4.78 is 13.4.